The lowest BCUT2D eigenvalue weighted by atomic mass is 10.0. The van der Waals surface area contributed by atoms with Gasteiger partial charge in [0.2, 0.25) is 0 Å². The van der Waals surface area contributed by atoms with Gasteiger partial charge >= 0.3 is 0 Å². The molecule has 3 rings (SSSR count). The fourth-order valence-electron chi connectivity index (χ4n) is 3.05. The second-order valence-electron chi connectivity index (χ2n) is 6.95. The van der Waals surface area contributed by atoms with Crippen molar-refractivity contribution in [1.29, 1.82) is 0 Å². The summed E-state index contributed by atoms with van der Waals surface area (Å²) in [5.74, 6) is 0.0131. The number of benzene rings is 2. The van der Waals surface area contributed by atoms with Crippen molar-refractivity contribution in [2.45, 2.75) is 42.9 Å². The molecule has 0 fully saturated rings. The molecule has 0 radical (unpaired) electrons. The molecule has 2 aromatic carbocycles. The highest BCUT2D eigenvalue weighted by atomic mass is 32.2. The number of rotatable bonds is 6. The van der Waals surface area contributed by atoms with E-state index in [1.54, 1.807) is 13.1 Å². The fraction of sp³-hybridized carbons (Fsp3) is 0.261. The van der Waals surface area contributed by atoms with Crippen molar-refractivity contribution >= 4 is 17.7 Å². The highest BCUT2D eigenvalue weighted by Crippen LogP contribution is 2.34. The van der Waals surface area contributed by atoms with Gasteiger partial charge in [-0.05, 0) is 49.6 Å². The molecule has 0 saturated heterocycles. The van der Waals surface area contributed by atoms with Crippen LogP contribution >= 0.6 is 11.8 Å². The number of furan rings is 1. The molecule has 1 amide bonds. The third-order valence-corrected chi connectivity index (χ3v) is 6.20. The fourth-order valence-corrected chi connectivity index (χ4v) is 3.98. The molecule has 3 aromatic rings. The normalized spacial score (nSPS) is 13.2. The molecule has 1 unspecified atom stereocenters. The molecular weight excluding hydrogens is 370 g/mol. The Morgan fingerprint density at radius 1 is 1.00 bits per heavy atom. The number of hydrogen-bond acceptors (Lipinski definition) is 4. The number of amides is 1. The standard InChI is InChI=1S/C23H25NO3S/c1-15-9-8-10-16(2)22(15)28-20-14-13-19(27-20)23(26)24(4)17(3)21(25)18-11-6-5-7-12-18/h5-14,17,21,25H,1-4H3/t17?,21-/m0/s1. The van der Waals surface area contributed by atoms with Gasteiger partial charge in [0.1, 0.15) is 0 Å². The van der Waals surface area contributed by atoms with Crippen molar-refractivity contribution in [1.82, 2.24) is 4.90 Å². The number of aliphatic hydroxyl groups excluding tert-OH is 1. The van der Waals surface area contributed by atoms with Crippen LogP contribution in [0.25, 0.3) is 0 Å². The lowest BCUT2D eigenvalue weighted by Crippen LogP contribution is -2.38. The van der Waals surface area contributed by atoms with Crippen molar-refractivity contribution < 1.29 is 14.3 Å². The molecule has 0 saturated carbocycles. The van der Waals surface area contributed by atoms with E-state index < -0.39 is 12.1 Å². The maximum absolute atomic E-state index is 12.8. The van der Waals surface area contributed by atoms with Crippen LogP contribution in [0.4, 0.5) is 0 Å². The first-order valence-electron chi connectivity index (χ1n) is 9.22. The van der Waals surface area contributed by atoms with Crippen LogP contribution < -0.4 is 0 Å². The molecule has 0 aliphatic carbocycles. The van der Waals surface area contributed by atoms with Gasteiger partial charge in [0.05, 0.1) is 12.1 Å². The summed E-state index contributed by atoms with van der Waals surface area (Å²) in [7, 11) is 1.68. The quantitative estimate of drug-likeness (QED) is 0.620. The van der Waals surface area contributed by atoms with Gasteiger partial charge in [0.25, 0.3) is 5.91 Å². The van der Waals surface area contributed by atoms with E-state index >= 15 is 0 Å². The lowest BCUT2D eigenvalue weighted by molar-refractivity contribution is 0.0457. The number of aryl methyl sites for hydroxylation is 2. The second kappa shape index (κ2) is 8.67. The molecule has 0 aliphatic rings. The van der Waals surface area contributed by atoms with Crippen LogP contribution in [-0.2, 0) is 0 Å². The van der Waals surface area contributed by atoms with Crippen molar-refractivity contribution in [3.8, 4) is 0 Å². The smallest absolute Gasteiger partial charge is 0.289 e. The average Bonchev–Trinajstić information content (AvgIpc) is 3.18. The summed E-state index contributed by atoms with van der Waals surface area (Å²) in [4.78, 5) is 15.5. The number of nitrogens with zero attached hydrogens (tertiary/aromatic N) is 1. The zero-order chi connectivity index (χ0) is 20.3. The van der Waals surface area contributed by atoms with E-state index in [2.05, 4.69) is 26.0 Å². The maximum Gasteiger partial charge on any atom is 0.289 e. The van der Waals surface area contributed by atoms with E-state index in [1.807, 2.05) is 49.4 Å². The van der Waals surface area contributed by atoms with E-state index in [-0.39, 0.29) is 11.7 Å². The van der Waals surface area contributed by atoms with Crippen LogP contribution in [0.5, 0.6) is 0 Å². The molecule has 0 bridgehead atoms. The molecular formula is C23H25NO3S. The Kier molecular flexibility index (Phi) is 6.27. The minimum absolute atomic E-state index is 0.254. The van der Waals surface area contributed by atoms with E-state index in [0.29, 0.717) is 5.09 Å². The Balaban J connectivity index is 1.73. The van der Waals surface area contributed by atoms with Crippen LogP contribution in [0.1, 0.15) is 40.3 Å². The summed E-state index contributed by atoms with van der Waals surface area (Å²) in [6.07, 6.45) is -0.770. The molecule has 5 heteroatoms. The van der Waals surface area contributed by atoms with Crippen molar-refractivity contribution in [3.63, 3.8) is 0 Å². The monoisotopic (exact) mass is 395 g/mol. The summed E-state index contributed by atoms with van der Waals surface area (Å²) in [6, 6.07) is 18.6. The highest BCUT2D eigenvalue weighted by Gasteiger charge is 2.26. The molecule has 1 heterocycles. The number of likely N-dealkylation sites (N-methyl/N-ethyl adjacent to an activating group) is 1. The molecule has 28 heavy (non-hydrogen) atoms. The minimum atomic E-state index is -0.770. The van der Waals surface area contributed by atoms with Crippen LogP contribution in [0.3, 0.4) is 0 Å². The minimum Gasteiger partial charge on any atom is -0.444 e. The summed E-state index contributed by atoms with van der Waals surface area (Å²) in [6.45, 7) is 5.94. The third kappa shape index (κ3) is 4.32. The predicted molar refractivity (Wildman–Crippen MR) is 112 cm³/mol. The second-order valence-corrected chi connectivity index (χ2v) is 7.97. The van der Waals surface area contributed by atoms with Crippen LogP contribution in [0.2, 0.25) is 0 Å². The Bertz CT molecular complexity index is 931. The van der Waals surface area contributed by atoms with Gasteiger partial charge in [-0.2, -0.15) is 0 Å². The number of hydrogen-bond donors (Lipinski definition) is 1. The Morgan fingerprint density at radius 2 is 1.64 bits per heavy atom. The molecule has 0 spiro atoms. The number of carbonyl (C=O) groups is 1. The third-order valence-electron chi connectivity index (χ3n) is 4.93. The first-order valence-corrected chi connectivity index (χ1v) is 10.0. The number of carbonyl (C=O) groups excluding carboxylic acids is 1. The van der Waals surface area contributed by atoms with Crippen molar-refractivity contribution in [2.24, 2.45) is 0 Å². The van der Waals surface area contributed by atoms with E-state index in [0.717, 1.165) is 10.5 Å². The van der Waals surface area contributed by atoms with Gasteiger partial charge in [0, 0.05) is 11.9 Å². The van der Waals surface area contributed by atoms with Gasteiger partial charge in [-0.1, -0.05) is 60.3 Å². The lowest BCUT2D eigenvalue weighted by Gasteiger charge is -2.28. The van der Waals surface area contributed by atoms with Gasteiger partial charge in [-0.15, -0.1) is 0 Å². The average molecular weight is 396 g/mol. The van der Waals surface area contributed by atoms with Crippen LogP contribution in [-0.4, -0.2) is 29.0 Å². The van der Waals surface area contributed by atoms with Crippen LogP contribution in [0, 0.1) is 13.8 Å². The Morgan fingerprint density at radius 3 is 2.29 bits per heavy atom. The van der Waals surface area contributed by atoms with E-state index in [1.165, 1.54) is 27.8 Å². The molecule has 1 aromatic heterocycles. The van der Waals surface area contributed by atoms with Gasteiger partial charge in [-0.3, -0.25) is 4.79 Å². The van der Waals surface area contributed by atoms with Crippen molar-refractivity contribution in [3.05, 3.63) is 83.1 Å². The highest BCUT2D eigenvalue weighted by molar-refractivity contribution is 7.99. The summed E-state index contributed by atoms with van der Waals surface area (Å²) in [5, 5.41) is 11.3. The first kappa shape index (κ1) is 20.2. The molecule has 4 nitrogen and oxygen atoms in total. The summed E-state index contributed by atoms with van der Waals surface area (Å²) < 4.78 is 5.81. The summed E-state index contributed by atoms with van der Waals surface area (Å²) >= 11 is 1.52. The zero-order valence-electron chi connectivity index (χ0n) is 16.5. The van der Waals surface area contributed by atoms with Crippen LogP contribution in [0.15, 0.2) is 75.1 Å². The largest absolute Gasteiger partial charge is 0.444 e. The van der Waals surface area contributed by atoms with Crippen molar-refractivity contribution in [2.75, 3.05) is 7.05 Å². The van der Waals surface area contributed by atoms with Gasteiger partial charge in [-0.25, -0.2) is 0 Å². The number of aliphatic hydroxyl groups is 1. The van der Waals surface area contributed by atoms with E-state index in [4.69, 9.17) is 4.42 Å². The Hall–Kier alpha value is -2.50. The zero-order valence-corrected chi connectivity index (χ0v) is 17.4. The first-order chi connectivity index (χ1) is 13.4. The predicted octanol–water partition coefficient (Wildman–Crippen LogP) is 5.24. The molecule has 146 valence electrons. The SMILES string of the molecule is Cc1cccc(C)c1Sc1ccc(C(=O)N(C)C(C)[C@H](O)c2ccccc2)o1. The molecule has 1 N–H and O–H groups in total. The summed E-state index contributed by atoms with van der Waals surface area (Å²) in [5.41, 5.74) is 3.12. The maximum atomic E-state index is 12.8. The van der Waals surface area contributed by atoms with Gasteiger partial charge < -0.3 is 14.4 Å². The molecule has 2 atom stereocenters. The topological polar surface area (TPSA) is 53.7 Å². The van der Waals surface area contributed by atoms with E-state index in [9.17, 15) is 9.90 Å². The molecule has 0 aliphatic heterocycles. The Labute approximate surface area is 170 Å². The van der Waals surface area contributed by atoms with Gasteiger partial charge in [0.15, 0.2) is 10.9 Å².